The molecule has 86 valence electrons. The third-order valence-corrected chi connectivity index (χ3v) is 2.33. The van der Waals surface area contributed by atoms with Crippen LogP contribution in [0.15, 0.2) is 36.7 Å². The SMILES string of the molecule is O=C(Nc1cccnc1)c1cc(Cl)nc(Cl)c1. The van der Waals surface area contributed by atoms with E-state index in [4.69, 9.17) is 23.2 Å². The van der Waals surface area contributed by atoms with Gasteiger partial charge in [0.1, 0.15) is 10.3 Å². The number of anilines is 1. The lowest BCUT2D eigenvalue weighted by molar-refractivity contribution is 0.102. The van der Waals surface area contributed by atoms with Gasteiger partial charge in [-0.25, -0.2) is 4.98 Å². The number of nitrogens with zero attached hydrogens (tertiary/aromatic N) is 2. The number of carbonyl (C=O) groups is 1. The number of nitrogens with one attached hydrogen (secondary N) is 1. The standard InChI is InChI=1S/C11H7Cl2N3O/c12-9-4-7(5-10(13)16-9)11(17)15-8-2-1-3-14-6-8/h1-6H,(H,15,17). The smallest absolute Gasteiger partial charge is 0.255 e. The van der Waals surface area contributed by atoms with Crippen LogP contribution in [0.25, 0.3) is 0 Å². The number of carbonyl (C=O) groups excluding carboxylic acids is 1. The Kier molecular flexibility index (Phi) is 3.56. The minimum atomic E-state index is -0.316. The van der Waals surface area contributed by atoms with Crippen LogP contribution in [0.3, 0.4) is 0 Å². The van der Waals surface area contributed by atoms with Crippen LogP contribution < -0.4 is 5.32 Å². The highest BCUT2D eigenvalue weighted by molar-refractivity contribution is 6.33. The Morgan fingerprint density at radius 2 is 1.94 bits per heavy atom. The Morgan fingerprint density at radius 1 is 1.24 bits per heavy atom. The molecular weight excluding hydrogens is 261 g/mol. The molecule has 0 aliphatic rings. The Hall–Kier alpha value is -1.65. The number of pyridine rings is 2. The van der Waals surface area contributed by atoms with Crippen LogP contribution in [-0.4, -0.2) is 15.9 Å². The lowest BCUT2D eigenvalue weighted by Gasteiger charge is -2.04. The van der Waals surface area contributed by atoms with Crippen molar-refractivity contribution in [3.63, 3.8) is 0 Å². The fraction of sp³-hybridized carbons (Fsp3) is 0. The van der Waals surface area contributed by atoms with Gasteiger partial charge in [0.15, 0.2) is 0 Å². The molecule has 2 rings (SSSR count). The van der Waals surface area contributed by atoms with E-state index in [0.29, 0.717) is 11.3 Å². The van der Waals surface area contributed by atoms with Crippen molar-refractivity contribution in [2.45, 2.75) is 0 Å². The van der Waals surface area contributed by atoms with E-state index in [9.17, 15) is 4.79 Å². The van der Waals surface area contributed by atoms with Crippen molar-refractivity contribution in [2.24, 2.45) is 0 Å². The Balaban J connectivity index is 2.20. The molecule has 0 atom stereocenters. The predicted octanol–water partition coefficient (Wildman–Crippen LogP) is 3.04. The highest BCUT2D eigenvalue weighted by atomic mass is 35.5. The zero-order valence-corrected chi connectivity index (χ0v) is 10.0. The van der Waals surface area contributed by atoms with Crippen molar-refractivity contribution in [3.8, 4) is 0 Å². The molecule has 1 N–H and O–H groups in total. The highest BCUT2D eigenvalue weighted by Gasteiger charge is 2.08. The molecule has 1 amide bonds. The molecule has 0 unspecified atom stereocenters. The molecule has 2 heterocycles. The number of hydrogen-bond acceptors (Lipinski definition) is 3. The third-order valence-electron chi connectivity index (χ3n) is 1.94. The van der Waals surface area contributed by atoms with Crippen molar-refractivity contribution in [1.82, 2.24) is 9.97 Å². The normalized spacial score (nSPS) is 10.0. The van der Waals surface area contributed by atoms with Gasteiger partial charge in [0.25, 0.3) is 5.91 Å². The molecule has 0 aromatic carbocycles. The summed E-state index contributed by atoms with van der Waals surface area (Å²) in [6.45, 7) is 0. The summed E-state index contributed by atoms with van der Waals surface area (Å²) in [5.41, 5.74) is 0.945. The molecule has 4 nitrogen and oxygen atoms in total. The van der Waals surface area contributed by atoms with E-state index in [1.807, 2.05) is 0 Å². The van der Waals surface area contributed by atoms with E-state index < -0.39 is 0 Å². The molecule has 2 aromatic rings. The van der Waals surface area contributed by atoms with Crippen molar-refractivity contribution in [2.75, 3.05) is 5.32 Å². The molecule has 0 aliphatic carbocycles. The van der Waals surface area contributed by atoms with Crippen molar-refractivity contribution >= 4 is 34.8 Å². The van der Waals surface area contributed by atoms with Crippen molar-refractivity contribution < 1.29 is 4.79 Å². The Labute approximate surface area is 108 Å². The third kappa shape index (κ3) is 3.15. The molecule has 6 heteroatoms. The maximum absolute atomic E-state index is 11.8. The van der Waals surface area contributed by atoms with Gasteiger partial charge in [-0.3, -0.25) is 9.78 Å². The topological polar surface area (TPSA) is 54.9 Å². The molecule has 0 aliphatic heterocycles. The number of hydrogen-bond donors (Lipinski definition) is 1. The van der Waals surface area contributed by atoms with Gasteiger partial charge < -0.3 is 5.32 Å². The van der Waals surface area contributed by atoms with Gasteiger partial charge in [-0.1, -0.05) is 23.2 Å². The lowest BCUT2D eigenvalue weighted by atomic mass is 10.2. The number of halogens is 2. The second-order valence-electron chi connectivity index (χ2n) is 3.20. The van der Waals surface area contributed by atoms with Crippen LogP contribution >= 0.6 is 23.2 Å². The predicted molar refractivity (Wildman–Crippen MR) is 66.4 cm³/mol. The van der Waals surface area contributed by atoms with Gasteiger partial charge in [-0.2, -0.15) is 0 Å². The number of amides is 1. The maximum atomic E-state index is 11.8. The largest absolute Gasteiger partial charge is 0.321 e. The summed E-state index contributed by atoms with van der Waals surface area (Å²) in [5.74, 6) is -0.316. The molecule has 0 radical (unpaired) electrons. The molecule has 2 aromatic heterocycles. The van der Waals surface area contributed by atoms with E-state index in [0.717, 1.165) is 0 Å². The highest BCUT2D eigenvalue weighted by Crippen LogP contribution is 2.16. The van der Waals surface area contributed by atoms with Gasteiger partial charge in [-0.05, 0) is 24.3 Å². The Morgan fingerprint density at radius 3 is 2.53 bits per heavy atom. The summed E-state index contributed by atoms with van der Waals surface area (Å²) in [5, 5.41) is 3.02. The van der Waals surface area contributed by atoms with E-state index in [1.165, 1.54) is 12.1 Å². The van der Waals surface area contributed by atoms with Crippen molar-refractivity contribution in [1.29, 1.82) is 0 Å². The Bertz CT molecular complexity index is 525. The van der Waals surface area contributed by atoms with Gasteiger partial charge in [0.2, 0.25) is 0 Å². The van der Waals surface area contributed by atoms with Crippen LogP contribution in [0, 0.1) is 0 Å². The van der Waals surface area contributed by atoms with Crippen LogP contribution in [0.2, 0.25) is 10.3 Å². The average Bonchev–Trinajstić information content (AvgIpc) is 2.29. The van der Waals surface area contributed by atoms with E-state index in [1.54, 1.807) is 24.5 Å². The summed E-state index contributed by atoms with van der Waals surface area (Å²) >= 11 is 11.4. The number of rotatable bonds is 2. The monoisotopic (exact) mass is 267 g/mol. The summed E-state index contributed by atoms with van der Waals surface area (Å²) in [7, 11) is 0. The first-order valence-electron chi connectivity index (χ1n) is 4.69. The lowest BCUT2D eigenvalue weighted by Crippen LogP contribution is -2.12. The van der Waals surface area contributed by atoms with Crippen LogP contribution in [-0.2, 0) is 0 Å². The number of aromatic nitrogens is 2. The van der Waals surface area contributed by atoms with Gasteiger partial charge in [0.05, 0.1) is 11.9 Å². The van der Waals surface area contributed by atoms with E-state index in [2.05, 4.69) is 15.3 Å². The van der Waals surface area contributed by atoms with Gasteiger partial charge in [0, 0.05) is 11.8 Å². The van der Waals surface area contributed by atoms with Crippen LogP contribution in [0.1, 0.15) is 10.4 Å². The summed E-state index contributed by atoms with van der Waals surface area (Å²) in [6, 6.07) is 6.34. The van der Waals surface area contributed by atoms with E-state index >= 15 is 0 Å². The summed E-state index contributed by atoms with van der Waals surface area (Å²) in [4.78, 5) is 19.5. The molecule has 0 fully saturated rings. The minimum Gasteiger partial charge on any atom is -0.321 e. The molecule has 17 heavy (non-hydrogen) atoms. The fourth-order valence-electron chi connectivity index (χ4n) is 1.24. The molecular formula is C11H7Cl2N3O. The molecule has 0 spiro atoms. The second kappa shape index (κ2) is 5.12. The average molecular weight is 268 g/mol. The zero-order valence-electron chi connectivity index (χ0n) is 8.52. The van der Waals surface area contributed by atoms with Crippen molar-refractivity contribution in [3.05, 3.63) is 52.5 Å². The first-order chi connectivity index (χ1) is 8.15. The summed E-state index contributed by atoms with van der Waals surface area (Å²) in [6.07, 6.45) is 3.16. The van der Waals surface area contributed by atoms with Gasteiger partial charge >= 0.3 is 0 Å². The molecule has 0 bridgehead atoms. The fourth-order valence-corrected chi connectivity index (χ4v) is 1.70. The van der Waals surface area contributed by atoms with Crippen LogP contribution in [0.4, 0.5) is 5.69 Å². The maximum Gasteiger partial charge on any atom is 0.255 e. The first kappa shape index (κ1) is 11.8. The quantitative estimate of drug-likeness (QED) is 0.851. The molecule has 0 saturated carbocycles. The second-order valence-corrected chi connectivity index (χ2v) is 3.97. The van der Waals surface area contributed by atoms with Gasteiger partial charge in [-0.15, -0.1) is 0 Å². The molecule has 0 saturated heterocycles. The minimum absolute atomic E-state index is 0.175. The summed E-state index contributed by atoms with van der Waals surface area (Å²) < 4.78 is 0. The zero-order chi connectivity index (χ0) is 12.3. The first-order valence-corrected chi connectivity index (χ1v) is 5.45. The van der Waals surface area contributed by atoms with Crippen LogP contribution in [0.5, 0.6) is 0 Å². The van der Waals surface area contributed by atoms with E-state index in [-0.39, 0.29) is 16.2 Å².